The van der Waals surface area contributed by atoms with Crippen molar-refractivity contribution in [2.45, 2.75) is 57.4 Å². The van der Waals surface area contributed by atoms with Crippen LogP contribution < -0.4 is 5.32 Å². The van der Waals surface area contributed by atoms with Crippen molar-refractivity contribution in [3.8, 4) is 0 Å². The van der Waals surface area contributed by atoms with Gasteiger partial charge in [0, 0.05) is 18.5 Å². The number of carbonyl (C=O) groups excluding carboxylic acids is 1. The highest BCUT2D eigenvalue weighted by atomic mass is 16.5. The van der Waals surface area contributed by atoms with Crippen molar-refractivity contribution in [1.82, 2.24) is 5.32 Å². The lowest BCUT2D eigenvalue weighted by atomic mass is 10.0. The Balaban J connectivity index is 1.88. The zero-order chi connectivity index (χ0) is 11.0. The largest absolute Gasteiger partial charge is 0.462 e. The summed E-state index contributed by atoms with van der Waals surface area (Å²) < 4.78 is 5.39. The molecule has 2 aliphatic heterocycles. The fourth-order valence-corrected chi connectivity index (χ4v) is 2.42. The molecule has 0 aromatic carbocycles. The maximum Gasteiger partial charge on any atom is 0.308 e. The number of rotatable bonds is 2. The van der Waals surface area contributed by atoms with Gasteiger partial charge in [-0.15, -0.1) is 0 Å². The van der Waals surface area contributed by atoms with E-state index < -0.39 is 0 Å². The monoisotopic (exact) mass is 213 g/mol. The van der Waals surface area contributed by atoms with Gasteiger partial charge in [-0.2, -0.15) is 0 Å². The minimum atomic E-state index is -0.266. The minimum absolute atomic E-state index is 0.00620. The first-order valence-electron chi connectivity index (χ1n) is 5.71. The summed E-state index contributed by atoms with van der Waals surface area (Å²) in [7, 11) is 0. The second-order valence-corrected chi connectivity index (χ2v) is 4.96. The van der Waals surface area contributed by atoms with Gasteiger partial charge < -0.3 is 15.2 Å². The first-order valence-corrected chi connectivity index (χ1v) is 5.71. The Labute approximate surface area is 90.0 Å². The SMILES string of the molecule is CC(C)C(=O)O[C@@H]1C[C@@H]2C[C@@H](O)[C@H](C1)N2. The van der Waals surface area contributed by atoms with Crippen LogP contribution in [0.1, 0.15) is 33.1 Å². The lowest BCUT2D eigenvalue weighted by molar-refractivity contribution is -0.154. The van der Waals surface area contributed by atoms with E-state index in [0.29, 0.717) is 6.04 Å². The highest BCUT2D eigenvalue weighted by Crippen LogP contribution is 2.29. The lowest BCUT2D eigenvalue weighted by Gasteiger charge is -2.29. The normalized spacial score (nSPS) is 39.5. The molecule has 0 spiro atoms. The van der Waals surface area contributed by atoms with Crippen molar-refractivity contribution in [3.63, 3.8) is 0 Å². The van der Waals surface area contributed by atoms with E-state index >= 15 is 0 Å². The molecule has 2 N–H and O–H groups in total. The summed E-state index contributed by atoms with van der Waals surface area (Å²) in [6, 6.07) is 0.442. The Bertz CT molecular complexity index is 252. The van der Waals surface area contributed by atoms with Gasteiger partial charge in [-0.05, 0) is 12.8 Å². The molecule has 0 unspecified atom stereocenters. The standard InChI is InChI=1S/C11H19NO3/c1-6(2)11(14)15-8-3-7-4-10(13)9(5-8)12-7/h6-10,12-13H,3-5H2,1-2H3/t7-,8-,9+,10-/m1/s1. The molecule has 15 heavy (non-hydrogen) atoms. The van der Waals surface area contributed by atoms with Crippen LogP contribution in [0.4, 0.5) is 0 Å². The molecular weight excluding hydrogens is 194 g/mol. The van der Waals surface area contributed by atoms with E-state index in [1.165, 1.54) is 0 Å². The van der Waals surface area contributed by atoms with Gasteiger partial charge in [0.15, 0.2) is 0 Å². The molecule has 2 heterocycles. The number of esters is 1. The number of ether oxygens (including phenoxy) is 1. The van der Waals surface area contributed by atoms with Crippen molar-refractivity contribution >= 4 is 5.97 Å². The van der Waals surface area contributed by atoms with Gasteiger partial charge in [-0.3, -0.25) is 4.79 Å². The van der Waals surface area contributed by atoms with Crippen LogP contribution in [0.3, 0.4) is 0 Å². The summed E-state index contributed by atoms with van der Waals surface area (Å²) in [5.41, 5.74) is 0. The average Bonchev–Trinajstić information content (AvgIpc) is 2.40. The average molecular weight is 213 g/mol. The Kier molecular flexibility index (Phi) is 2.98. The van der Waals surface area contributed by atoms with E-state index in [9.17, 15) is 9.90 Å². The van der Waals surface area contributed by atoms with Crippen LogP contribution in [0.15, 0.2) is 0 Å². The van der Waals surface area contributed by atoms with E-state index in [1.807, 2.05) is 13.8 Å². The molecule has 2 bridgehead atoms. The Morgan fingerprint density at radius 3 is 2.73 bits per heavy atom. The molecule has 0 aromatic heterocycles. The molecule has 4 heteroatoms. The van der Waals surface area contributed by atoms with Gasteiger partial charge >= 0.3 is 5.97 Å². The van der Waals surface area contributed by atoms with Crippen LogP contribution >= 0.6 is 0 Å². The third-order valence-electron chi connectivity index (χ3n) is 3.26. The number of aliphatic hydroxyl groups is 1. The van der Waals surface area contributed by atoms with E-state index in [2.05, 4.69) is 5.32 Å². The number of piperidine rings is 1. The first kappa shape index (κ1) is 10.9. The van der Waals surface area contributed by atoms with Gasteiger partial charge in [0.25, 0.3) is 0 Å². The van der Waals surface area contributed by atoms with E-state index in [4.69, 9.17) is 4.74 Å². The molecule has 0 aromatic rings. The summed E-state index contributed by atoms with van der Waals surface area (Å²) in [4.78, 5) is 11.4. The van der Waals surface area contributed by atoms with Crippen LogP contribution in [0.2, 0.25) is 0 Å². The van der Waals surface area contributed by atoms with E-state index in [-0.39, 0.29) is 30.1 Å². The number of aliphatic hydroxyl groups excluding tert-OH is 1. The highest BCUT2D eigenvalue weighted by Gasteiger charge is 2.40. The second-order valence-electron chi connectivity index (χ2n) is 4.96. The van der Waals surface area contributed by atoms with E-state index in [0.717, 1.165) is 19.3 Å². The number of hydrogen-bond acceptors (Lipinski definition) is 4. The number of carbonyl (C=O) groups is 1. The predicted octanol–water partition coefficient (Wildman–Crippen LogP) is 0.439. The zero-order valence-electron chi connectivity index (χ0n) is 9.27. The van der Waals surface area contributed by atoms with Gasteiger partial charge in [0.05, 0.1) is 12.0 Å². The van der Waals surface area contributed by atoms with Gasteiger partial charge in [0.2, 0.25) is 0 Å². The summed E-state index contributed by atoms with van der Waals surface area (Å²) >= 11 is 0. The fourth-order valence-electron chi connectivity index (χ4n) is 2.42. The van der Waals surface area contributed by atoms with Crippen molar-refractivity contribution in [3.05, 3.63) is 0 Å². The maximum atomic E-state index is 11.4. The highest BCUT2D eigenvalue weighted by molar-refractivity contribution is 5.71. The molecule has 0 radical (unpaired) electrons. The molecule has 0 saturated carbocycles. The van der Waals surface area contributed by atoms with Crippen molar-refractivity contribution in [1.29, 1.82) is 0 Å². The van der Waals surface area contributed by atoms with Crippen LogP contribution in [-0.4, -0.2) is 35.4 Å². The van der Waals surface area contributed by atoms with Crippen LogP contribution in [-0.2, 0) is 9.53 Å². The van der Waals surface area contributed by atoms with Crippen LogP contribution in [0, 0.1) is 5.92 Å². The summed E-state index contributed by atoms with van der Waals surface area (Å²) in [5.74, 6) is -0.196. The molecule has 2 aliphatic rings. The summed E-state index contributed by atoms with van der Waals surface area (Å²) in [6.45, 7) is 3.68. The van der Waals surface area contributed by atoms with Gasteiger partial charge in [-0.1, -0.05) is 13.8 Å². The molecule has 4 nitrogen and oxygen atoms in total. The zero-order valence-corrected chi connectivity index (χ0v) is 9.27. The molecule has 0 aliphatic carbocycles. The molecule has 0 amide bonds. The van der Waals surface area contributed by atoms with E-state index in [1.54, 1.807) is 0 Å². The predicted molar refractivity (Wildman–Crippen MR) is 55.3 cm³/mol. The maximum absolute atomic E-state index is 11.4. The lowest BCUT2D eigenvalue weighted by Crippen LogP contribution is -2.44. The number of fused-ring (bicyclic) bond motifs is 2. The topological polar surface area (TPSA) is 58.6 Å². The van der Waals surface area contributed by atoms with Crippen molar-refractivity contribution in [2.75, 3.05) is 0 Å². The van der Waals surface area contributed by atoms with Gasteiger partial charge in [0.1, 0.15) is 6.10 Å². The third kappa shape index (κ3) is 2.32. The molecule has 2 saturated heterocycles. The smallest absolute Gasteiger partial charge is 0.308 e. The minimum Gasteiger partial charge on any atom is -0.462 e. The molecule has 2 rings (SSSR count). The molecular formula is C11H19NO3. The molecule has 86 valence electrons. The van der Waals surface area contributed by atoms with Crippen molar-refractivity contribution in [2.24, 2.45) is 5.92 Å². The first-order chi connectivity index (χ1) is 7.06. The van der Waals surface area contributed by atoms with Gasteiger partial charge in [-0.25, -0.2) is 0 Å². The number of hydrogen-bond donors (Lipinski definition) is 2. The Morgan fingerprint density at radius 2 is 2.13 bits per heavy atom. The Hall–Kier alpha value is -0.610. The second kappa shape index (κ2) is 4.10. The third-order valence-corrected chi connectivity index (χ3v) is 3.26. The van der Waals surface area contributed by atoms with Crippen LogP contribution in [0.5, 0.6) is 0 Å². The number of nitrogens with one attached hydrogen (secondary N) is 1. The Morgan fingerprint density at radius 1 is 1.40 bits per heavy atom. The summed E-state index contributed by atoms with van der Waals surface area (Å²) in [5, 5.41) is 13.0. The summed E-state index contributed by atoms with van der Waals surface area (Å²) in [6.07, 6.45) is 2.11. The molecule has 4 atom stereocenters. The van der Waals surface area contributed by atoms with Crippen molar-refractivity contribution < 1.29 is 14.6 Å². The quantitative estimate of drug-likeness (QED) is 0.653. The fraction of sp³-hybridized carbons (Fsp3) is 0.909. The van der Waals surface area contributed by atoms with Crippen LogP contribution in [0.25, 0.3) is 0 Å². The molecule has 2 fully saturated rings.